The summed E-state index contributed by atoms with van der Waals surface area (Å²) in [5.41, 5.74) is 3.74. The van der Waals surface area contributed by atoms with Gasteiger partial charge in [-0.1, -0.05) is 0 Å². The van der Waals surface area contributed by atoms with Crippen molar-refractivity contribution in [3.63, 3.8) is 0 Å². The van der Waals surface area contributed by atoms with E-state index in [9.17, 15) is 14.4 Å². The lowest BCUT2D eigenvalue weighted by molar-refractivity contribution is -0.130. The molecule has 3 amide bonds. The second kappa shape index (κ2) is 10.4. The lowest BCUT2D eigenvalue weighted by atomic mass is 10.1. The lowest BCUT2D eigenvalue weighted by Gasteiger charge is -2.22. The molecule has 1 saturated heterocycles. The van der Waals surface area contributed by atoms with Crippen LogP contribution in [-0.2, 0) is 4.79 Å². The number of anilines is 1. The van der Waals surface area contributed by atoms with E-state index in [1.807, 2.05) is 0 Å². The highest BCUT2D eigenvalue weighted by Gasteiger charge is 2.36. The Hall–Kier alpha value is -4.12. The van der Waals surface area contributed by atoms with E-state index in [1.165, 1.54) is 44.4 Å². The van der Waals surface area contributed by atoms with Crippen LogP contribution in [0.4, 0.5) is 5.69 Å². The summed E-state index contributed by atoms with van der Waals surface area (Å²) in [6.45, 7) is 0. The highest BCUT2D eigenvalue weighted by molar-refractivity contribution is 8.00. The summed E-state index contributed by atoms with van der Waals surface area (Å²) >= 11 is 1.36. The van der Waals surface area contributed by atoms with Crippen LogP contribution in [0.1, 0.15) is 31.9 Å². The van der Waals surface area contributed by atoms with Gasteiger partial charge in [0.2, 0.25) is 5.75 Å². The minimum absolute atomic E-state index is 0.223. The van der Waals surface area contributed by atoms with Crippen LogP contribution in [-0.4, -0.2) is 49.8 Å². The zero-order valence-electron chi connectivity index (χ0n) is 19.2. The predicted molar refractivity (Wildman–Crippen MR) is 129 cm³/mol. The molecule has 1 aromatic heterocycles. The summed E-state index contributed by atoms with van der Waals surface area (Å²) in [4.78, 5) is 37.8. The summed E-state index contributed by atoms with van der Waals surface area (Å²) in [5.74, 6) is 0.814. The molecule has 0 bridgehead atoms. The van der Waals surface area contributed by atoms with Gasteiger partial charge in [0.05, 0.1) is 33.3 Å². The van der Waals surface area contributed by atoms with Crippen LogP contribution in [0, 0.1) is 0 Å². The second-order valence-corrected chi connectivity index (χ2v) is 8.40. The molecule has 1 fully saturated rings. The predicted octanol–water partition coefficient (Wildman–Crippen LogP) is 3.48. The van der Waals surface area contributed by atoms with Crippen LogP contribution in [0.25, 0.3) is 0 Å². The zero-order chi connectivity index (χ0) is 24.9. The number of hydrogen-bond donors (Lipinski definition) is 2. The van der Waals surface area contributed by atoms with Gasteiger partial charge in [0, 0.05) is 16.8 Å². The van der Waals surface area contributed by atoms with Gasteiger partial charge in [0.15, 0.2) is 16.9 Å². The minimum atomic E-state index is -0.458. The third-order valence-electron chi connectivity index (χ3n) is 5.21. The Morgan fingerprint density at radius 1 is 0.971 bits per heavy atom. The molecule has 182 valence electrons. The zero-order valence-corrected chi connectivity index (χ0v) is 20.0. The molecule has 4 rings (SSSR count). The summed E-state index contributed by atoms with van der Waals surface area (Å²) in [6, 6.07) is 12.8. The average molecular weight is 498 g/mol. The SMILES string of the molecule is COc1cc(C(=O)Nc2ccc(C(=O)NN3C(=O)CSC3c3ccco3)cc2)cc(OC)c1OC. The second-order valence-electron chi connectivity index (χ2n) is 7.33. The van der Waals surface area contributed by atoms with Crippen LogP contribution in [0.15, 0.2) is 59.2 Å². The van der Waals surface area contributed by atoms with Gasteiger partial charge in [-0.05, 0) is 48.5 Å². The molecule has 2 N–H and O–H groups in total. The smallest absolute Gasteiger partial charge is 0.269 e. The number of thioether (sulfide) groups is 1. The molecule has 35 heavy (non-hydrogen) atoms. The quantitative estimate of drug-likeness (QED) is 0.486. The van der Waals surface area contributed by atoms with Crippen molar-refractivity contribution in [1.82, 2.24) is 10.4 Å². The van der Waals surface area contributed by atoms with Crippen molar-refractivity contribution in [2.45, 2.75) is 5.37 Å². The molecule has 2 heterocycles. The number of hydrogen-bond acceptors (Lipinski definition) is 8. The molecule has 0 spiro atoms. The highest BCUT2D eigenvalue weighted by Crippen LogP contribution is 2.39. The maximum Gasteiger partial charge on any atom is 0.269 e. The monoisotopic (exact) mass is 497 g/mol. The van der Waals surface area contributed by atoms with Gasteiger partial charge in [-0.15, -0.1) is 11.8 Å². The summed E-state index contributed by atoms with van der Waals surface area (Å²) in [7, 11) is 4.41. The number of benzene rings is 2. The third kappa shape index (κ3) is 5.04. The molecule has 0 aliphatic carbocycles. The number of furan rings is 1. The molecule has 10 nitrogen and oxygen atoms in total. The van der Waals surface area contributed by atoms with E-state index < -0.39 is 17.2 Å². The Morgan fingerprint density at radius 3 is 2.23 bits per heavy atom. The largest absolute Gasteiger partial charge is 0.493 e. The molecule has 0 radical (unpaired) electrons. The maximum absolute atomic E-state index is 12.8. The van der Waals surface area contributed by atoms with E-state index in [-0.39, 0.29) is 11.7 Å². The fourth-order valence-corrected chi connectivity index (χ4v) is 4.54. The first kappa shape index (κ1) is 24.0. The Morgan fingerprint density at radius 2 is 1.66 bits per heavy atom. The van der Waals surface area contributed by atoms with Crippen LogP contribution in [0.5, 0.6) is 17.2 Å². The molecule has 1 atom stereocenters. The first-order chi connectivity index (χ1) is 16.9. The normalized spacial score (nSPS) is 15.0. The number of carbonyl (C=O) groups excluding carboxylic acids is 3. The molecular formula is C24H23N3O7S. The Labute approximate surface area is 205 Å². The van der Waals surface area contributed by atoms with Crippen molar-refractivity contribution < 1.29 is 33.0 Å². The van der Waals surface area contributed by atoms with Crippen molar-refractivity contribution in [2.24, 2.45) is 0 Å². The highest BCUT2D eigenvalue weighted by atomic mass is 32.2. The van der Waals surface area contributed by atoms with Crippen molar-refractivity contribution in [3.05, 3.63) is 71.7 Å². The molecule has 3 aromatic rings. The van der Waals surface area contributed by atoms with E-state index in [2.05, 4.69) is 10.7 Å². The first-order valence-electron chi connectivity index (χ1n) is 10.4. The molecule has 11 heteroatoms. The molecule has 2 aromatic carbocycles. The number of rotatable bonds is 8. The van der Waals surface area contributed by atoms with Crippen LogP contribution in [0.2, 0.25) is 0 Å². The molecule has 1 aliphatic heterocycles. The van der Waals surface area contributed by atoms with Crippen molar-refractivity contribution in [3.8, 4) is 17.2 Å². The Kier molecular flexibility index (Phi) is 7.16. The minimum Gasteiger partial charge on any atom is -0.493 e. The average Bonchev–Trinajstić information content (AvgIpc) is 3.53. The van der Waals surface area contributed by atoms with Crippen LogP contribution in [0.3, 0.4) is 0 Å². The van der Waals surface area contributed by atoms with E-state index in [4.69, 9.17) is 18.6 Å². The Bertz CT molecular complexity index is 1200. The van der Waals surface area contributed by atoms with E-state index >= 15 is 0 Å². The number of nitrogens with one attached hydrogen (secondary N) is 2. The first-order valence-corrected chi connectivity index (χ1v) is 11.5. The topological polar surface area (TPSA) is 119 Å². The van der Waals surface area contributed by atoms with Gasteiger partial charge in [-0.25, -0.2) is 5.01 Å². The number of ether oxygens (including phenoxy) is 3. The molecule has 1 unspecified atom stereocenters. The van der Waals surface area contributed by atoms with Gasteiger partial charge in [0.25, 0.3) is 17.7 Å². The standard InChI is InChI=1S/C24H23N3O7S/c1-31-18-11-15(12-19(32-2)21(18)33-3)22(29)25-16-8-6-14(7-9-16)23(30)26-27-20(28)13-35-24(27)17-5-4-10-34-17/h4-12,24H,13H2,1-3H3,(H,25,29)(H,26,30). The maximum atomic E-state index is 12.8. The van der Waals surface area contributed by atoms with E-state index in [0.717, 1.165) is 0 Å². The van der Waals surface area contributed by atoms with Gasteiger partial charge >= 0.3 is 0 Å². The Balaban J connectivity index is 1.44. The molecule has 0 saturated carbocycles. The van der Waals surface area contributed by atoms with Gasteiger partial charge in [-0.3, -0.25) is 19.8 Å². The summed E-state index contributed by atoms with van der Waals surface area (Å²) < 4.78 is 21.2. The fraction of sp³-hybridized carbons (Fsp3) is 0.208. The third-order valence-corrected chi connectivity index (χ3v) is 6.38. The summed E-state index contributed by atoms with van der Waals surface area (Å²) in [5, 5.41) is 3.61. The fourth-order valence-electron chi connectivity index (χ4n) is 3.48. The summed E-state index contributed by atoms with van der Waals surface area (Å²) in [6.07, 6.45) is 1.52. The number of nitrogens with zero attached hydrogens (tertiary/aromatic N) is 1. The molecule has 1 aliphatic rings. The van der Waals surface area contributed by atoms with Crippen LogP contribution >= 0.6 is 11.8 Å². The van der Waals surface area contributed by atoms with Gasteiger partial charge < -0.3 is 23.9 Å². The van der Waals surface area contributed by atoms with Crippen molar-refractivity contribution in [2.75, 3.05) is 32.4 Å². The number of carbonyl (C=O) groups is 3. The van der Waals surface area contributed by atoms with Gasteiger partial charge in [-0.2, -0.15) is 0 Å². The van der Waals surface area contributed by atoms with E-state index in [0.29, 0.717) is 39.8 Å². The van der Waals surface area contributed by atoms with Crippen molar-refractivity contribution >= 4 is 35.2 Å². The number of methoxy groups -OCH3 is 3. The number of amides is 3. The van der Waals surface area contributed by atoms with Gasteiger partial charge in [0.1, 0.15) is 5.76 Å². The van der Waals surface area contributed by atoms with Crippen LogP contribution < -0.4 is 25.0 Å². The van der Waals surface area contributed by atoms with E-state index in [1.54, 1.807) is 48.5 Å². The van der Waals surface area contributed by atoms with Crippen molar-refractivity contribution in [1.29, 1.82) is 0 Å². The molecular weight excluding hydrogens is 474 g/mol. The lowest BCUT2D eigenvalue weighted by Crippen LogP contribution is -2.44. The number of hydrazine groups is 1.